The number of hydrogen-bond donors (Lipinski definition) is 1. The molecule has 1 N–H and O–H groups in total. The van der Waals surface area contributed by atoms with Crippen molar-refractivity contribution in [1.29, 1.82) is 0 Å². The van der Waals surface area contributed by atoms with Crippen molar-refractivity contribution in [2.75, 3.05) is 38.8 Å². The van der Waals surface area contributed by atoms with E-state index in [1.54, 1.807) is 11.8 Å². The molecule has 0 aliphatic carbocycles. The van der Waals surface area contributed by atoms with E-state index in [9.17, 15) is 0 Å². The zero-order valence-electron chi connectivity index (χ0n) is 15.7. The van der Waals surface area contributed by atoms with Crippen LogP contribution in [0.1, 0.15) is 11.4 Å². The maximum Gasteiger partial charge on any atom is 0.154 e. The van der Waals surface area contributed by atoms with Gasteiger partial charge in [0.1, 0.15) is 5.82 Å². The first-order chi connectivity index (χ1) is 13.0. The Balaban J connectivity index is 1.90. The van der Waals surface area contributed by atoms with Gasteiger partial charge in [0.2, 0.25) is 0 Å². The maximum absolute atomic E-state index is 6.17. The van der Waals surface area contributed by atoms with E-state index in [0.29, 0.717) is 10.8 Å². The molecule has 0 saturated heterocycles. The number of anilines is 1. The summed E-state index contributed by atoms with van der Waals surface area (Å²) in [5, 5.41) is 5.02. The van der Waals surface area contributed by atoms with Crippen LogP contribution in [0, 0.1) is 0 Å². The van der Waals surface area contributed by atoms with E-state index >= 15 is 0 Å². The van der Waals surface area contributed by atoms with Crippen LogP contribution in [0.15, 0.2) is 47.4 Å². The van der Waals surface area contributed by atoms with Gasteiger partial charge in [0.15, 0.2) is 5.82 Å². The summed E-state index contributed by atoms with van der Waals surface area (Å²) in [6.45, 7) is 1.71. The maximum atomic E-state index is 6.17. The van der Waals surface area contributed by atoms with E-state index in [0.717, 1.165) is 35.4 Å². The first-order valence-electron chi connectivity index (χ1n) is 8.73. The number of rotatable bonds is 7. The molecule has 0 spiro atoms. The Morgan fingerprint density at radius 2 is 1.85 bits per heavy atom. The molecule has 4 nitrogen and oxygen atoms in total. The minimum atomic E-state index is 0.672. The number of halogens is 1. The van der Waals surface area contributed by atoms with Crippen molar-refractivity contribution in [2.24, 2.45) is 0 Å². The second kappa shape index (κ2) is 9.22. The molecule has 27 heavy (non-hydrogen) atoms. The SMILES string of the molecule is CSc1ccc(C=Cc2nc(NCCN(C)C)c3cc(Cl)ccc3n2)cc1. The lowest BCUT2D eigenvalue weighted by atomic mass is 10.2. The third-order valence-electron chi connectivity index (χ3n) is 4.07. The lowest BCUT2D eigenvalue weighted by Crippen LogP contribution is -2.21. The van der Waals surface area contributed by atoms with Crippen molar-refractivity contribution in [3.8, 4) is 0 Å². The number of nitrogens with zero attached hydrogens (tertiary/aromatic N) is 3. The number of fused-ring (bicyclic) bond motifs is 1. The van der Waals surface area contributed by atoms with Crippen LogP contribution < -0.4 is 5.32 Å². The monoisotopic (exact) mass is 398 g/mol. The summed E-state index contributed by atoms with van der Waals surface area (Å²) < 4.78 is 0. The number of nitrogens with one attached hydrogen (secondary N) is 1. The average Bonchev–Trinajstić information content (AvgIpc) is 2.67. The van der Waals surface area contributed by atoms with Gasteiger partial charge in [-0.15, -0.1) is 11.8 Å². The Bertz CT molecular complexity index is 939. The predicted molar refractivity (Wildman–Crippen MR) is 119 cm³/mol. The van der Waals surface area contributed by atoms with Crippen LogP contribution >= 0.6 is 23.4 Å². The molecule has 3 aromatic rings. The molecule has 0 amide bonds. The average molecular weight is 399 g/mol. The molecule has 140 valence electrons. The van der Waals surface area contributed by atoms with Gasteiger partial charge < -0.3 is 10.2 Å². The highest BCUT2D eigenvalue weighted by atomic mass is 35.5. The highest BCUT2D eigenvalue weighted by Gasteiger charge is 2.07. The Labute approximate surface area is 169 Å². The van der Waals surface area contributed by atoms with Gasteiger partial charge in [-0.1, -0.05) is 29.8 Å². The van der Waals surface area contributed by atoms with Gasteiger partial charge in [-0.25, -0.2) is 9.97 Å². The standard InChI is InChI=1S/C21H23ClN4S/c1-26(2)13-12-23-21-18-14-16(22)7-10-19(18)24-20(25-21)11-6-15-4-8-17(27-3)9-5-15/h4-11,14H,12-13H2,1-3H3,(H,23,24,25). The Hall–Kier alpha value is -2.08. The van der Waals surface area contributed by atoms with Crippen molar-refractivity contribution in [3.05, 3.63) is 58.9 Å². The molecule has 0 fully saturated rings. The fraction of sp³-hybridized carbons (Fsp3) is 0.238. The van der Waals surface area contributed by atoms with Crippen LogP contribution in [0.3, 0.4) is 0 Å². The highest BCUT2D eigenvalue weighted by Crippen LogP contribution is 2.24. The minimum Gasteiger partial charge on any atom is -0.368 e. The van der Waals surface area contributed by atoms with E-state index in [2.05, 4.69) is 45.7 Å². The van der Waals surface area contributed by atoms with Gasteiger partial charge in [-0.2, -0.15) is 0 Å². The van der Waals surface area contributed by atoms with E-state index in [4.69, 9.17) is 16.6 Å². The predicted octanol–water partition coefficient (Wildman–Crippen LogP) is 5.15. The Morgan fingerprint density at radius 3 is 2.56 bits per heavy atom. The highest BCUT2D eigenvalue weighted by molar-refractivity contribution is 7.98. The third kappa shape index (κ3) is 5.45. The number of aromatic nitrogens is 2. The van der Waals surface area contributed by atoms with Crippen LogP contribution in [-0.4, -0.2) is 48.3 Å². The summed E-state index contributed by atoms with van der Waals surface area (Å²) in [5.41, 5.74) is 1.99. The van der Waals surface area contributed by atoms with E-state index in [-0.39, 0.29) is 0 Å². The van der Waals surface area contributed by atoms with Crippen molar-refractivity contribution in [3.63, 3.8) is 0 Å². The summed E-state index contributed by atoms with van der Waals surface area (Å²) in [6, 6.07) is 14.1. The fourth-order valence-corrected chi connectivity index (χ4v) is 3.19. The topological polar surface area (TPSA) is 41.1 Å². The van der Waals surface area contributed by atoms with Crippen molar-refractivity contribution in [2.45, 2.75) is 4.90 Å². The van der Waals surface area contributed by atoms with Gasteiger partial charge in [0.05, 0.1) is 5.52 Å². The van der Waals surface area contributed by atoms with Crippen molar-refractivity contribution < 1.29 is 0 Å². The fourth-order valence-electron chi connectivity index (χ4n) is 2.61. The molecule has 6 heteroatoms. The van der Waals surface area contributed by atoms with Crippen LogP contribution in [0.25, 0.3) is 23.1 Å². The Kier molecular flexibility index (Phi) is 6.72. The second-order valence-electron chi connectivity index (χ2n) is 6.43. The molecule has 1 aromatic heterocycles. The van der Waals surface area contributed by atoms with Crippen molar-refractivity contribution in [1.82, 2.24) is 14.9 Å². The Morgan fingerprint density at radius 1 is 1.07 bits per heavy atom. The molecule has 3 rings (SSSR count). The molecular weight excluding hydrogens is 376 g/mol. The van der Waals surface area contributed by atoms with Gasteiger partial charge in [-0.3, -0.25) is 0 Å². The normalized spacial score (nSPS) is 11.6. The molecule has 0 radical (unpaired) electrons. The van der Waals surface area contributed by atoms with E-state index in [1.807, 2.05) is 44.4 Å². The minimum absolute atomic E-state index is 0.672. The molecule has 0 saturated carbocycles. The first-order valence-corrected chi connectivity index (χ1v) is 10.3. The lowest BCUT2D eigenvalue weighted by Gasteiger charge is -2.13. The third-order valence-corrected chi connectivity index (χ3v) is 5.05. The summed E-state index contributed by atoms with van der Waals surface area (Å²) in [7, 11) is 4.10. The summed E-state index contributed by atoms with van der Waals surface area (Å²) in [4.78, 5) is 12.7. The van der Waals surface area contributed by atoms with Crippen LogP contribution in [0.5, 0.6) is 0 Å². The van der Waals surface area contributed by atoms with Crippen LogP contribution in [0.4, 0.5) is 5.82 Å². The summed E-state index contributed by atoms with van der Waals surface area (Å²) in [6.07, 6.45) is 6.05. The molecule has 0 bridgehead atoms. The number of hydrogen-bond acceptors (Lipinski definition) is 5. The lowest BCUT2D eigenvalue weighted by molar-refractivity contribution is 0.425. The molecule has 1 heterocycles. The zero-order chi connectivity index (χ0) is 19.2. The van der Waals surface area contributed by atoms with E-state index < -0.39 is 0 Å². The van der Waals surface area contributed by atoms with Gasteiger partial charge >= 0.3 is 0 Å². The van der Waals surface area contributed by atoms with Crippen molar-refractivity contribution >= 4 is 52.2 Å². The summed E-state index contributed by atoms with van der Waals surface area (Å²) in [5.74, 6) is 1.48. The second-order valence-corrected chi connectivity index (χ2v) is 7.74. The smallest absolute Gasteiger partial charge is 0.154 e. The molecule has 0 aliphatic rings. The number of thioether (sulfide) groups is 1. The largest absolute Gasteiger partial charge is 0.368 e. The molecule has 0 unspecified atom stereocenters. The molecular formula is C21H23ClN4S. The first kappa shape index (κ1) is 19.7. The zero-order valence-corrected chi connectivity index (χ0v) is 17.3. The number of likely N-dealkylation sites (N-methyl/N-ethyl adjacent to an activating group) is 1. The van der Waals surface area contributed by atoms with Gasteiger partial charge in [0.25, 0.3) is 0 Å². The molecule has 0 atom stereocenters. The molecule has 0 aliphatic heterocycles. The van der Waals surface area contributed by atoms with Crippen LogP contribution in [-0.2, 0) is 0 Å². The van der Waals surface area contributed by atoms with Gasteiger partial charge in [0, 0.05) is 28.4 Å². The van der Waals surface area contributed by atoms with Gasteiger partial charge in [-0.05, 0) is 62.3 Å². The van der Waals surface area contributed by atoms with E-state index in [1.165, 1.54) is 4.90 Å². The van der Waals surface area contributed by atoms with Crippen LogP contribution in [0.2, 0.25) is 5.02 Å². The molecule has 2 aromatic carbocycles. The number of benzene rings is 2. The quantitative estimate of drug-likeness (QED) is 0.557. The summed E-state index contributed by atoms with van der Waals surface area (Å²) >= 11 is 7.91.